The standard InChI is InChI=1S/C21H24FN3O4.2BFH2O2/c1-29-20-17-13(19(26)14(21(27)28)9-25(17)12-4-5-12)7-15(22)18(20)24-8-11-3-2-6-23-16(11)10-24;2*2-1(3)4/h7,9,11-12,16,23H,2-6,8,10H2,1H3,(H,27,28);2*3-4H/t11-,16+;;/m0../s1. The van der Waals surface area contributed by atoms with Crippen molar-refractivity contribution in [1.82, 2.24) is 9.88 Å². The molecule has 1 aromatic heterocycles. The third-order valence-corrected chi connectivity index (χ3v) is 6.49. The fraction of sp³-hybridized carbons (Fsp3) is 0.524. The third-order valence-electron chi connectivity index (χ3n) is 6.49. The molecule has 1 aliphatic carbocycles. The molecule has 0 bridgehead atoms. The van der Waals surface area contributed by atoms with E-state index < -0.39 is 32.0 Å². The van der Waals surface area contributed by atoms with Gasteiger partial charge in [0.15, 0.2) is 11.6 Å². The smallest absolute Gasteiger partial charge is 0.492 e. The van der Waals surface area contributed by atoms with Gasteiger partial charge < -0.3 is 44.7 Å². The summed E-state index contributed by atoms with van der Waals surface area (Å²) in [7, 11) is -3.86. The molecule has 202 valence electrons. The third kappa shape index (κ3) is 6.76. The highest BCUT2D eigenvalue weighted by atomic mass is 19.1. The van der Waals surface area contributed by atoms with Gasteiger partial charge in [0.1, 0.15) is 11.3 Å². The van der Waals surface area contributed by atoms with Crippen LogP contribution in [-0.2, 0) is 0 Å². The number of nitrogens with one attached hydrogen (secondary N) is 1. The van der Waals surface area contributed by atoms with E-state index in [1.807, 2.05) is 4.90 Å². The van der Waals surface area contributed by atoms with Crippen molar-refractivity contribution in [3.05, 3.63) is 33.9 Å². The van der Waals surface area contributed by atoms with Crippen LogP contribution < -0.4 is 20.4 Å². The number of aromatic carboxylic acids is 1. The van der Waals surface area contributed by atoms with Gasteiger partial charge in [0.25, 0.3) is 0 Å². The number of halogens is 3. The number of carbonyl (C=O) groups is 1. The number of rotatable bonds is 4. The molecule has 37 heavy (non-hydrogen) atoms. The molecule has 0 radical (unpaired) electrons. The normalized spacial score (nSPS) is 20.3. The van der Waals surface area contributed by atoms with E-state index in [1.54, 1.807) is 4.57 Å². The van der Waals surface area contributed by atoms with Crippen LogP contribution in [0.4, 0.5) is 18.7 Å². The lowest BCUT2D eigenvalue weighted by molar-refractivity contribution is 0.0694. The second-order valence-corrected chi connectivity index (χ2v) is 8.94. The molecule has 2 aliphatic heterocycles. The summed E-state index contributed by atoms with van der Waals surface area (Å²) in [6.07, 6.45) is 5.40. The van der Waals surface area contributed by atoms with Crippen LogP contribution in [0.2, 0.25) is 0 Å². The van der Waals surface area contributed by atoms with Crippen LogP contribution in [0, 0.1) is 11.7 Å². The number of nitrogens with zero attached hydrogens (tertiary/aromatic N) is 2. The first kappa shape index (κ1) is 28.8. The van der Waals surface area contributed by atoms with Gasteiger partial charge in [-0.05, 0) is 44.2 Å². The van der Waals surface area contributed by atoms with Gasteiger partial charge in [0.2, 0.25) is 5.43 Å². The topological polar surface area (TPSA) is 165 Å². The number of carboxylic acids is 1. The minimum atomic E-state index is -2.67. The van der Waals surface area contributed by atoms with Gasteiger partial charge in [-0.3, -0.25) is 13.4 Å². The molecule has 1 aromatic carbocycles. The Morgan fingerprint density at radius 2 is 1.76 bits per heavy atom. The Kier molecular flexibility index (Phi) is 9.47. The van der Waals surface area contributed by atoms with Crippen molar-refractivity contribution in [3.8, 4) is 5.75 Å². The van der Waals surface area contributed by atoms with E-state index in [-0.39, 0.29) is 17.0 Å². The number of aromatic nitrogens is 1. The average molecular weight is 529 g/mol. The maximum absolute atomic E-state index is 15.3. The lowest BCUT2D eigenvalue weighted by atomic mass is 9.94. The zero-order valence-corrected chi connectivity index (χ0v) is 20.0. The molecule has 0 amide bonds. The molecule has 5 rings (SSSR count). The van der Waals surface area contributed by atoms with E-state index in [0.717, 1.165) is 38.8 Å². The Hall–Kier alpha value is -2.78. The van der Waals surface area contributed by atoms with Crippen molar-refractivity contribution in [2.75, 3.05) is 31.6 Å². The lowest BCUT2D eigenvalue weighted by Gasteiger charge is -2.25. The molecule has 16 heteroatoms. The summed E-state index contributed by atoms with van der Waals surface area (Å²) >= 11 is 0. The molecular formula is C21H28B2F3N3O8. The van der Waals surface area contributed by atoms with Crippen molar-refractivity contribution in [3.63, 3.8) is 0 Å². The molecule has 1 saturated carbocycles. The van der Waals surface area contributed by atoms with Gasteiger partial charge in [-0.25, -0.2) is 9.18 Å². The number of carboxylic acid groups (broad SMARTS) is 1. The first-order chi connectivity index (χ1) is 17.5. The van der Waals surface area contributed by atoms with Crippen molar-refractivity contribution in [2.45, 2.75) is 37.8 Å². The number of piperidine rings is 1. The van der Waals surface area contributed by atoms with E-state index in [1.165, 1.54) is 19.4 Å². The van der Waals surface area contributed by atoms with Crippen LogP contribution in [0.15, 0.2) is 17.1 Å². The van der Waals surface area contributed by atoms with E-state index in [0.29, 0.717) is 35.5 Å². The summed E-state index contributed by atoms with van der Waals surface area (Å²) in [4.78, 5) is 26.4. The SMILES string of the molecule is COc1c(N2C[C@@H]3CCCN[C@@H]3C2)c(F)cc2c(=O)c(C(=O)O)cn(C3CC3)c12.OB(O)F.OB(O)F. The summed E-state index contributed by atoms with van der Waals surface area (Å²) in [6.45, 7) is 2.40. The van der Waals surface area contributed by atoms with E-state index >= 15 is 4.39 Å². The summed E-state index contributed by atoms with van der Waals surface area (Å²) in [6, 6.07) is 1.62. The number of hydrogen-bond donors (Lipinski definition) is 6. The Bertz CT molecular complexity index is 1160. The average Bonchev–Trinajstić information content (AvgIpc) is 3.56. The summed E-state index contributed by atoms with van der Waals surface area (Å²) in [5.41, 5.74) is -0.155. The minimum absolute atomic E-state index is 0.0599. The van der Waals surface area contributed by atoms with Gasteiger partial charge in [-0.15, -0.1) is 0 Å². The molecule has 6 N–H and O–H groups in total. The van der Waals surface area contributed by atoms with Gasteiger partial charge in [0.05, 0.1) is 18.0 Å². The number of benzene rings is 1. The van der Waals surface area contributed by atoms with E-state index in [2.05, 4.69) is 5.32 Å². The van der Waals surface area contributed by atoms with Crippen LogP contribution in [-0.4, -0.2) is 83.3 Å². The molecule has 2 saturated heterocycles. The largest absolute Gasteiger partial charge is 0.674 e. The van der Waals surface area contributed by atoms with Crippen LogP contribution >= 0.6 is 0 Å². The van der Waals surface area contributed by atoms with Gasteiger partial charge >= 0.3 is 20.8 Å². The second-order valence-electron chi connectivity index (χ2n) is 8.94. The van der Waals surface area contributed by atoms with Crippen LogP contribution in [0.5, 0.6) is 5.75 Å². The number of pyridine rings is 1. The maximum atomic E-state index is 15.3. The number of ether oxygens (including phenoxy) is 1. The van der Waals surface area contributed by atoms with Gasteiger partial charge in [0, 0.05) is 31.4 Å². The number of methoxy groups -OCH3 is 1. The molecular weight excluding hydrogens is 501 g/mol. The minimum Gasteiger partial charge on any atom is -0.492 e. The summed E-state index contributed by atoms with van der Waals surface area (Å²) in [5, 5.41) is 40.8. The van der Waals surface area contributed by atoms with Crippen molar-refractivity contribution < 1.29 is 47.8 Å². The molecule has 11 nitrogen and oxygen atoms in total. The van der Waals surface area contributed by atoms with Gasteiger partial charge in [-0.1, -0.05) is 0 Å². The molecule has 3 heterocycles. The quantitative estimate of drug-likeness (QED) is 0.302. The van der Waals surface area contributed by atoms with E-state index in [4.69, 9.17) is 24.8 Å². The van der Waals surface area contributed by atoms with Crippen LogP contribution in [0.25, 0.3) is 10.9 Å². The molecule has 2 aromatic rings. The highest BCUT2D eigenvalue weighted by Gasteiger charge is 2.38. The number of anilines is 1. The Morgan fingerprint density at radius 3 is 2.27 bits per heavy atom. The zero-order chi connectivity index (χ0) is 27.4. The fourth-order valence-corrected chi connectivity index (χ4v) is 4.95. The van der Waals surface area contributed by atoms with E-state index in [9.17, 15) is 23.3 Å². The predicted octanol–water partition coefficient (Wildman–Crippen LogP) is 0.221. The Balaban J connectivity index is 0.000000420. The monoisotopic (exact) mass is 529 g/mol. The molecule has 3 fully saturated rings. The van der Waals surface area contributed by atoms with Crippen molar-refractivity contribution in [1.29, 1.82) is 0 Å². The van der Waals surface area contributed by atoms with Gasteiger partial charge in [-0.2, -0.15) is 0 Å². The predicted molar refractivity (Wildman–Crippen MR) is 129 cm³/mol. The highest BCUT2D eigenvalue weighted by Crippen LogP contribution is 2.45. The first-order valence-corrected chi connectivity index (χ1v) is 11.6. The second kappa shape index (κ2) is 12.2. The first-order valence-electron chi connectivity index (χ1n) is 11.6. The van der Waals surface area contributed by atoms with Crippen molar-refractivity contribution >= 4 is 37.4 Å². The molecule has 0 unspecified atom stereocenters. The Labute approximate surface area is 210 Å². The van der Waals surface area contributed by atoms with Crippen LogP contribution in [0.3, 0.4) is 0 Å². The Morgan fingerprint density at radius 1 is 1.14 bits per heavy atom. The van der Waals surface area contributed by atoms with Crippen LogP contribution in [0.1, 0.15) is 42.1 Å². The zero-order valence-electron chi connectivity index (χ0n) is 20.0. The lowest BCUT2D eigenvalue weighted by Crippen LogP contribution is -2.40. The maximum Gasteiger partial charge on any atom is 0.674 e. The van der Waals surface area contributed by atoms with Crippen molar-refractivity contribution in [2.24, 2.45) is 5.92 Å². The molecule has 0 spiro atoms. The number of hydrogen-bond acceptors (Lipinski definition) is 9. The fourth-order valence-electron chi connectivity index (χ4n) is 4.95. The summed E-state index contributed by atoms with van der Waals surface area (Å²) < 4.78 is 43.0. The molecule has 2 atom stereocenters. The number of fused-ring (bicyclic) bond motifs is 2. The highest BCUT2D eigenvalue weighted by molar-refractivity contribution is 6.31. The summed E-state index contributed by atoms with van der Waals surface area (Å²) in [5.74, 6) is -1.07. The molecule has 3 aliphatic rings.